The maximum absolute atomic E-state index is 12.1. The van der Waals surface area contributed by atoms with Crippen molar-refractivity contribution in [2.24, 2.45) is 4.99 Å². The van der Waals surface area contributed by atoms with Crippen molar-refractivity contribution in [3.8, 4) is 0 Å². The Morgan fingerprint density at radius 1 is 1.00 bits per heavy atom. The number of nitrogens with zero attached hydrogens (tertiary/aromatic N) is 3. The van der Waals surface area contributed by atoms with E-state index in [1.807, 2.05) is 29.0 Å². The minimum Gasteiger partial charge on any atom is -0.367 e. The molecule has 33 heavy (non-hydrogen) atoms. The molecule has 1 heterocycles. The maximum atomic E-state index is 12.1. The van der Waals surface area contributed by atoms with Gasteiger partial charge in [0.25, 0.3) is 0 Å². The van der Waals surface area contributed by atoms with E-state index in [1.54, 1.807) is 31.7 Å². The quantitative estimate of drug-likeness (QED) is 0.225. The highest BCUT2D eigenvalue weighted by Crippen LogP contribution is 2.16. The minimum atomic E-state index is -4.31. The van der Waals surface area contributed by atoms with Crippen LogP contribution >= 0.6 is 24.0 Å². The number of ether oxygens (including phenoxy) is 1. The summed E-state index contributed by atoms with van der Waals surface area (Å²) in [5.74, 6) is 0.655. The van der Waals surface area contributed by atoms with Gasteiger partial charge in [-0.1, -0.05) is 48.5 Å². The summed E-state index contributed by atoms with van der Waals surface area (Å²) >= 11 is 0. The van der Waals surface area contributed by atoms with Crippen LogP contribution in [-0.4, -0.2) is 35.3 Å². The van der Waals surface area contributed by atoms with Gasteiger partial charge in [-0.3, -0.25) is 4.99 Å². The van der Waals surface area contributed by atoms with Crippen LogP contribution in [0.15, 0.2) is 72.2 Å². The molecule has 178 valence electrons. The maximum Gasteiger partial charge on any atom is 0.411 e. The first-order chi connectivity index (χ1) is 15.4. The van der Waals surface area contributed by atoms with E-state index >= 15 is 0 Å². The van der Waals surface area contributed by atoms with Crippen LogP contribution < -0.4 is 10.6 Å². The molecule has 2 N–H and O–H groups in total. The van der Waals surface area contributed by atoms with E-state index in [4.69, 9.17) is 0 Å². The SMILES string of the molecule is CN=C(NCc1ccc(COCC(F)(F)F)cc1)NCc1cccc(Cn2ccnc2)c1.I. The highest BCUT2D eigenvalue weighted by Gasteiger charge is 2.27. The van der Waals surface area contributed by atoms with E-state index in [-0.39, 0.29) is 30.6 Å². The average molecular weight is 573 g/mol. The van der Waals surface area contributed by atoms with Crippen LogP contribution in [0.25, 0.3) is 0 Å². The molecule has 3 aromatic rings. The van der Waals surface area contributed by atoms with Crippen molar-refractivity contribution in [2.45, 2.75) is 32.4 Å². The number of aromatic nitrogens is 2. The molecular formula is C23H27F3IN5O. The van der Waals surface area contributed by atoms with E-state index < -0.39 is 12.8 Å². The molecule has 0 radical (unpaired) electrons. The van der Waals surface area contributed by atoms with E-state index in [0.717, 1.165) is 17.7 Å². The van der Waals surface area contributed by atoms with Crippen molar-refractivity contribution in [1.29, 1.82) is 0 Å². The van der Waals surface area contributed by atoms with Crippen LogP contribution in [0.4, 0.5) is 13.2 Å². The molecule has 0 saturated carbocycles. The highest BCUT2D eigenvalue weighted by atomic mass is 127. The lowest BCUT2D eigenvalue weighted by Gasteiger charge is -2.13. The van der Waals surface area contributed by atoms with E-state index in [0.29, 0.717) is 24.6 Å². The van der Waals surface area contributed by atoms with Gasteiger partial charge < -0.3 is 19.9 Å². The Bertz CT molecular complexity index is 992. The summed E-state index contributed by atoms with van der Waals surface area (Å²) in [5.41, 5.74) is 3.99. The number of rotatable bonds is 9. The first-order valence-electron chi connectivity index (χ1n) is 10.1. The molecule has 0 aliphatic rings. The predicted octanol–water partition coefficient (Wildman–Crippen LogP) is 4.49. The summed E-state index contributed by atoms with van der Waals surface area (Å²) in [5, 5.41) is 6.52. The van der Waals surface area contributed by atoms with Gasteiger partial charge >= 0.3 is 6.18 Å². The number of aliphatic imine (C=N–C) groups is 1. The summed E-state index contributed by atoms with van der Waals surface area (Å²) in [6.07, 6.45) is 1.17. The van der Waals surface area contributed by atoms with Gasteiger partial charge in [0.1, 0.15) is 6.61 Å². The van der Waals surface area contributed by atoms with Crippen molar-refractivity contribution in [1.82, 2.24) is 20.2 Å². The van der Waals surface area contributed by atoms with Crippen LogP contribution in [0.1, 0.15) is 22.3 Å². The first-order valence-corrected chi connectivity index (χ1v) is 10.1. The van der Waals surface area contributed by atoms with Gasteiger partial charge in [0.2, 0.25) is 0 Å². The van der Waals surface area contributed by atoms with E-state index in [9.17, 15) is 13.2 Å². The number of hydrogen-bond acceptors (Lipinski definition) is 3. The Labute approximate surface area is 208 Å². The zero-order valence-electron chi connectivity index (χ0n) is 18.2. The molecule has 0 bridgehead atoms. The standard InChI is InChI=1S/C23H26F3N5O.HI/c1-27-22(29-12-18-5-7-19(8-6-18)15-32-16-23(24,25)26)30-13-20-3-2-4-21(11-20)14-31-10-9-28-17-31;/h2-11,17H,12-16H2,1H3,(H2,27,29,30);1H. The first kappa shape index (κ1) is 26.7. The molecule has 10 heteroatoms. The second kappa shape index (κ2) is 13.2. The molecular weight excluding hydrogens is 546 g/mol. The molecule has 2 aromatic carbocycles. The van der Waals surface area contributed by atoms with Crippen molar-refractivity contribution in [2.75, 3.05) is 13.7 Å². The summed E-state index contributed by atoms with van der Waals surface area (Å²) < 4.78 is 43.1. The van der Waals surface area contributed by atoms with Crippen LogP contribution in [0, 0.1) is 0 Å². The van der Waals surface area contributed by atoms with Gasteiger partial charge in [0.15, 0.2) is 5.96 Å². The summed E-state index contributed by atoms with van der Waals surface area (Å²) in [7, 11) is 1.70. The molecule has 0 unspecified atom stereocenters. The fourth-order valence-corrected chi connectivity index (χ4v) is 3.06. The zero-order chi connectivity index (χ0) is 22.8. The molecule has 0 saturated heterocycles. The van der Waals surface area contributed by atoms with Gasteiger partial charge in [0.05, 0.1) is 12.9 Å². The third kappa shape index (κ3) is 9.82. The number of alkyl halides is 3. The molecule has 0 aliphatic carbocycles. The number of benzene rings is 2. The van der Waals surface area contributed by atoms with Gasteiger partial charge in [-0.05, 0) is 22.3 Å². The number of halogens is 4. The van der Waals surface area contributed by atoms with Crippen LogP contribution in [0.5, 0.6) is 0 Å². The lowest BCUT2D eigenvalue weighted by atomic mass is 10.1. The van der Waals surface area contributed by atoms with Crippen LogP contribution in [0.2, 0.25) is 0 Å². The molecule has 0 spiro atoms. The Morgan fingerprint density at radius 3 is 2.30 bits per heavy atom. The van der Waals surface area contributed by atoms with Crippen LogP contribution in [-0.2, 0) is 31.0 Å². The largest absolute Gasteiger partial charge is 0.411 e. The number of guanidine groups is 1. The third-order valence-electron chi connectivity index (χ3n) is 4.62. The van der Waals surface area contributed by atoms with Crippen molar-refractivity contribution in [3.05, 3.63) is 89.5 Å². The van der Waals surface area contributed by atoms with E-state index in [2.05, 4.69) is 43.5 Å². The summed E-state index contributed by atoms with van der Waals surface area (Å²) in [4.78, 5) is 8.30. The van der Waals surface area contributed by atoms with Crippen molar-refractivity contribution >= 4 is 29.9 Å². The fraction of sp³-hybridized carbons (Fsp3) is 0.304. The van der Waals surface area contributed by atoms with Gasteiger partial charge in [0, 0.05) is 39.1 Å². The zero-order valence-corrected chi connectivity index (χ0v) is 20.5. The smallest absolute Gasteiger partial charge is 0.367 e. The monoisotopic (exact) mass is 573 g/mol. The van der Waals surface area contributed by atoms with Gasteiger partial charge in [-0.25, -0.2) is 4.98 Å². The lowest BCUT2D eigenvalue weighted by molar-refractivity contribution is -0.176. The van der Waals surface area contributed by atoms with Crippen LogP contribution in [0.3, 0.4) is 0 Å². The lowest BCUT2D eigenvalue weighted by Crippen LogP contribution is -2.36. The topological polar surface area (TPSA) is 63.5 Å². The Hall–Kier alpha value is -2.60. The fourth-order valence-electron chi connectivity index (χ4n) is 3.06. The summed E-state index contributed by atoms with van der Waals surface area (Å²) in [6.45, 7) is 0.593. The third-order valence-corrected chi connectivity index (χ3v) is 4.62. The number of nitrogens with one attached hydrogen (secondary N) is 2. The predicted molar refractivity (Wildman–Crippen MR) is 132 cm³/mol. The molecule has 1 aromatic heterocycles. The second-order valence-corrected chi connectivity index (χ2v) is 7.26. The average Bonchev–Trinajstić information content (AvgIpc) is 3.27. The Balaban J connectivity index is 0.00000385. The Kier molecular flexibility index (Phi) is 10.7. The van der Waals surface area contributed by atoms with Crippen molar-refractivity contribution < 1.29 is 17.9 Å². The molecule has 6 nitrogen and oxygen atoms in total. The van der Waals surface area contributed by atoms with Crippen molar-refractivity contribution in [3.63, 3.8) is 0 Å². The molecule has 0 fully saturated rings. The molecule has 0 amide bonds. The Morgan fingerprint density at radius 2 is 1.67 bits per heavy atom. The molecule has 3 rings (SSSR count). The molecule has 0 aliphatic heterocycles. The summed E-state index contributed by atoms with van der Waals surface area (Å²) in [6, 6.07) is 15.5. The van der Waals surface area contributed by atoms with E-state index in [1.165, 1.54) is 5.56 Å². The molecule has 0 atom stereocenters. The highest BCUT2D eigenvalue weighted by molar-refractivity contribution is 14.0. The normalized spacial score (nSPS) is 11.7. The number of imidazole rings is 1. The van der Waals surface area contributed by atoms with Gasteiger partial charge in [-0.15, -0.1) is 24.0 Å². The van der Waals surface area contributed by atoms with Gasteiger partial charge in [-0.2, -0.15) is 13.2 Å². The second-order valence-electron chi connectivity index (χ2n) is 7.26. The number of hydrogen-bond donors (Lipinski definition) is 2. The minimum absolute atomic E-state index is 0.